The molecule has 1 aromatic heterocycles. The Balaban J connectivity index is 1.87. The number of hydrogen-bond donors (Lipinski definition) is 5. The molecular weight excluding hydrogens is 404 g/mol. The molecule has 31 heavy (non-hydrogen) atoms. The molecule has 3 aromatic rings. The Morgan fingerprint density at radius 1 is 1.00 bits per heavy atom. The molecular formula is C20H18N6O5. The minimum atomic E-state index is -1.13. The molecule has 4 amide bonds. The number of nitrogens with two attached hydrogens (primary N) is 2. The second-order valence-electron chi connectivity index (χ2n) is 6.39. The zero-order valence-corrected chi connectivity index (χ0v) is 16.0. The van der Waals surface area contributed by atoms with E-state index in [4.69, 9.17) is 16.6 Å². The fraction of sp³-hybridized carbons (Fsp3) is 0.0500. The Hall–Kier alpha value is -4.67. The Kier molecular flexibility index (Phi) is 5.96. The second kappa shape index (κ2) is 8.78. The molecule has 0 aliphatic heterocycles. The highest BCUT2D eigenvalue weighted by molar-refractivity contribution is 6.00. The Morgan fingerprint density at radius 2 is 1.71 bits per heavy atom. The predicted octanol–water partition coefficient (Wildman–Crippen LogP) is 0.943. The third-order valence-corrected chi connectivity index (χ3v) is 4.20. The largest absolute Gasteiger partial charge is 0.480 e. The van der Waals surface area contributed by atoms with Crippen molar-refractivity contribution >= 4 is 29.5 Å². The maximum atomic E-state index is 11.9. The van der Waals surface area contributed by atoms with Crippen LogP contribution in [0.15, 0.2) is 54.7 Å². The summed E-state index contributed by atoms with van der Waals surface area (Å²) in [6, 6.07) is 12.9. The summed E-state index contributed by atoms with van der Waals surface area (Å²) in [7, 11) is 0. The van der Waals surface area contributed by atoms with Gasteiger partial charge in [-0.05, 0) is 35.4 Å². The summed E-state index contributed by atoms with van der Waals surface area (Å²) < 4.78 is 1.38. The van der Waals surface area contributed by atoms with Crippen LogP contribution in [0.5, 0.6) is 0 Å². The van der Waals surface area contributed by atoms with Crippen LogP contribution in [0.25, 0.3) is 16.8 Å². The molecule has 0 atom stereocenters. The Morgan fingerprint density at radius 3 is 2.32 bits per heavy atom. The number of urea groups is 1. The van der Waals surface area contributed by atoms with E-state index in [1.54, 1.807) is 42.5 Å². The van der Waals surface area contributed by atoms with E-state index < -0.39 is 30.4 Å². The summed E-state index contributed by atoms with van der Waals surface area (Å²) in [5.41, 5.74) is 12.8. The smallest absolute Gasteiger partial charge is 0.322 e. The summed E-state index contributed by atoms with van der Waals surface area (Å²) in [6.45, 7) is -0.466. The van der Waals surface area contributed by atoms with Gasteiger partial charge in [-0.2, -0.15) is 5.10 Å². The lowest BCUT2D eigenvalue weighted by atomic mass is 10.0. The molecule has 0 aliphatic carbocycles. The molecule has 0 radical (unpaired) electrons. The van der Waals surface area contributed by atoms with Crippen LogP contribution in [-0.4, -0.2) is 45.2 Å². The number of carbonyl (C=O) groups excluding carboxylic acids is 3. The van der Waals surface area contributed by atoms with Crippen molar-refractivity contribution in [2.24, 2.45) is 11.5 Å². The van der Waals surface area contributed by atoms with Crippen molar-refractivity contribution in [3.05, 3.63) is 66.0 Å². The van der Waals surface area contributed by atoms with E-state index in [-0.39, 0.29) is 11.4 Å². The number of aliphatic carboxylic acids is 1. The first-order chi connectivity index (χ1) is 14.7. The number of carbonyl (C=O) groups is 4. The number of benzene rings is 2. The first-order valence-corrected chi connectivity index (χ1v) is 8.91. The van der Waals surface area contributed by atoms with Gasteiger partial charge in [-0.25, -0.2) is 9.48 Å². The lowest BCUT2D eigenvalue weighted by Crippen LogP contribution is -2.29. The number of nitrogens with one attached hydrogen (secondary N) is 2. The molecule has 2 aromatic carbocycles. The Labute approximate surface area is 175 Å². The molecule has 158 valence electrons. The van der Waals surface area contributed by atoms with E-state index in [0.29, 0.717) is 11.3 Å². The normalized spacial score (nSPS) is 10.3. The molecule has 7 N–H and O–H groups in total. The molecule has 0 unspecified atom stereocenters. The maximum absolute atomic E-state index is 11.9. The highest BCUT2D eigenvalue weighted by atomic mass is 16.4. The van der Waals surface area contributed by atoms with E-state index in [1.807, 2.05) is 6.07 Å². The van der Waals surface area contributed by atoms with Crippen molar-refractivity contribution in [3.8, 4) is 16.8 Å². The molecule has 11 nitrogen and oxygen atoms in total. The van der Waals surface area contributed by atoms with Crippen LogP contribution in [0, 0.1) is 0 Å². The van der Waals surface area contributed by atoms with Gasteiger partial charge >= 0.3 is 12.0 Å². The van der Waals surface area contributed by atoms with Crippen molar-refractivity contribution in [2.45, 2.75) is 0 Å². The molecule has 0 aliphatic rings. The summed E-state index contributed by atoms with van der Waals surface area (Å²) in [5.74, 6) is -2.45. The first kappa shape index (κ1) is 21.0. The monoisotopic (exact) mass is 422 g/mol. The highest BCUT2D eigenvalue weighted by Gasteiger charge is 2.16. The minimum Gasteiger partial charge on any atom is -0.480 e. The van der Waals surface area contributed by atoms with Gasteiger partial charge in [-0.3, -0.25) is 14.4 Å². The van der Waals surface area contributed by atoms with Crippen LogP contribution in [0.4, 0.5) is 10.5 Å². The van der Waals surface area contributed by atoms with Gasteiger partial charge in [0.1, 0.15) is 6.54 Å². The van der Waals surface area contributed by atoms with Crippen molar-refractivity contribution in [1.82, 2.24) is 15.1 Å². The molecule has 0 spiro atoms. The van der Waals surface area contributed by atoms with Crippen molar-refractivity contribution in [1.29, 1.82) is 0 Å². The quantitative estimate of drug-likeness (QED) is 0.377. The van der Waals surface area contributed by atoms with E-state index in [2.05, 4.69) is 15.7 Å². The molecule has 3 rings (SSSR count). The molecule has 0 fully saturated rings. The van der Waals surface area contributed by atoms with Crippen molar-refractivity contribution in [2.75, 3.05) is 11.9 Å². The van der Waals surface area contributed by atoms with Crippen LogP contribution in [-0.2, 0) is 4.79 Å². The number of amides is 4. The van der Waals surface area contributed by atoms with E-state index >= 15 is 0 Å². The fourth-order valence-electron chi connectivity index (χ4n) is 2.81. The van der Waals surface area contributed by atoms with Gasteiger partial charge in [0.2, 0.25) is 0 Å². The number of anilines is 1. The van der Waals surface area contributed by atoms with Crippen molar-refractivity contribution in [3.63, 3.8) is 0 Å². The van der Waals surface area contributed by atoms with Gasteiger partial charge in [0.15, 0.2) is 5.69 Å². The van der Waals surface area contributed by atoms with Crippen LogP contribution in [0.2, 0.25) is 0 Å². The maximum Gasteiger partial charge on any atom is 0.322 e. The standard InChI is InChI=1S/C20H18N6O5/c21-18(29)17-15(24-20(22)31)10-26(25-17)14-3-1-2-13(8-14)11-4-6-12(7-5-11)19(30)23-9-16(27)28/h1-8,10H,9H2,(H2,21,29)(H,23,30)(H,27,28)(H3,22,24,31). The number of carboxylic acid groups (broad SMARTS) is 1. The summed E-state index contributed by atoms with van der Waals surface area (Å²) in [4.78, 5) is 45.2. The van der Waals surface area contributed by atoms with E-state index in [9.17, 15) is 19.2 Å². The minimum absolute atomic E-state index is 0.0853. The lowest BCUT2D eigenvalue weighted by molar-refractivity contribution is -0.135. The molecule has 11 heteroatoms. The lowest BCUT2D eigenvalue weighted by Gasteiger charge is -2.07. The average Bonchev–Trinajstić information content (AvgIpc) is 3.15. The number of hydrogen-bond acceptors (Lipinski definition) is 5. The fourth-order valence-corrected chi connectivity index (χ4v) is 2.81. The van der Waals surface area contributed by atoms with Gasteiger partial charge in [-0.1, -0.05) is 24.3 Å². The second-order valence-corrected chi connectivity index (χ2v) is 6.39. The van der Waals surface area contributed by atoms with Gasteiger partial charge in [0, 0.05) is 5.56 Å². The van der Waals surface area contributed by atoms with E-state index in [1.165, 1.54) is 10.9 Å². The number of rotatable bonds is 7. The molecule has 0 saturated carbocycles. The van der Waals surface area contributed by atoms with Gasteiger partial charge < -0.3 is 27.2 Å². The first-order valence-electron chi connectivity index (χ1n) is 8.91. The summed E-state index contributed by atoms with van der Waals surface area (Å²) in [5, 5.41) is 17.3. The summed E-state index contributed by atoms with van der Waals surface area (Å²) in [6.07, 6.45) is 1.42. The van der Waals surface area contributed by atoms with Crippen LogP contribution >= 0.6 is 0 Å². The average molecular weight is 422 g/mol. The molecule has 0 bridgehead atoms. The third kappa shape index (κ3) is 5.03. The zero-order chi connectivity index (χ0) is 22.5. The third-order valence-electron chi connectivity index (χ3n) is 4.20. The molecule has 0 saturated heterocycles. The predicted molar refractivity (Wildman–Crippen MR) is 111 cm³/mol. The highest BCUT2D eigenvalue weighted by Crippen LogP contribution is 2.24. The van der Waals surface area contributed by atoms with Gasteiger partial charge in [0.25, 0.3) is 11.8 Å². The topological polar surface area (TPSA) is 182 Å². The van der Waals surface area contributed by atoms with Gasteiger partial charge in [0.05, 0.1) is 17.6 Å². The zero-order valence-electron chi connectivity index (χ0n) is 16.0. The number of aromatic nitrogens is 2. The Bertz CT molecular complexity index is 1170. The van der Waals surface area contributed by atoms with Gasteiger partial charge in [-0.15, -0.1) is 0 Å². The van der Waals surface area contributed by atoms with Crippen LogP contribution in [0.3, 0.4) is 0 Å². The number of primary amides is 2. The SMILES string of the molecule is NC(=O)Nc1cn(-c2cccc(-c3ccc(C(=O)NCC(=O)O)cc3)c2)nc1C(N)=O. The van der Waals surface area contributed by atoms with Crippen LogP contribution in [0.1, 0.15) is 20.8 Å². The number of nitrogens with zero attached hydrogens (tertiary/aromatic N) is 2. The number of carboxylic acids is 1. The summed E-state index contributed by atoms with van der Waals surface area (Å²) >= 11 is 0. The van der Waals surface area contributed by atoms with Crippen molar-refractivity contribution < 1.29 is 24.3 Å². The van der Waals surface area contributed by atoms with E-state index in [0.717, 1.165) is 11.1 Å². The molecule has 1 heterocycles. The van der Waals surface area contributed by atoms with Crippen LogP contribution < -0.4 is 22.1 Å².